The largest absolute Gasteiger partial charge is 0.496 e. The van der Waals surface area contributed by atoms with Crippen molar-refractivity contribution in [3.8, 4) is 11.5 Å². The molecule has 1 aliphatic heterocycles. The maximum absolute atomic E-state index is 11.8. The summed E-state index contributed by atoms with van der Waals surface area (Å²) in [6, 6.07) is 12.2. The summed E-state index contributed by atoms with van der Waals surface area (Å²) in [6.07, 6.45) is 1.44. The molecule has 1 fully saturated rings. The molecule has 0 radical (unpaired) electrons. The van der Waals surface area contributed by atoms with Gasteiger partial charge in [0.05, 0.1) is 20.3 Å². The van der Waals surface area contributed by atoms with Gasteiger partial charge in [0, 0.05) is 22.7 Å². The van der Waals surface area contributed by atoms with Gasteiger partial charge < -0.3 is 14.6 Å². The van der Waals surface area contributed by atoms with E-state index in [4.69, 9.17) is 21.1 Å². The predicted molar refractivity (Wildman–Crippen MR) is 100 cm³/mol. The van der Waals surface area contributed by atoms with Crippen LogP contribution in [0.15, 0.2) is 42.5 Å². The zero-order valence-corrected chi connectivity index (χ0v) is 15.6. The molecule has 0 aliphatic carbocycles. The van der Waals surface area contributed by atoms with Crippen molar-refractivity contribution in [3.63, 3.8) is 0 Å². The van der Waals surface area contributed by atoms with Crippen LogP contribution in [-0.2, 0) is 4.79 Å². The highest BCUT2D eigenvalue weighted by atomic mass is 35.5. The van der Waals surface area contributed by atoms with E-state index >= 15 is 0 Å². The van der Waals surface area contributed by atoms with Crippen LogP contribution in [-0.4, -0.2) is 42.8 Å². The number of likely N-dealkylation sites (tertiary alicyclic amines) is 1. The van der Waals surface area contributed by atoms with Crippen LogP contribution in [0, 0.1) is 0 Å². The summed E-state index contributed by atoms with van der Waals surface area (Å²) in [5, 5.41) is 10.3. The molecule has 0 amide bonds. The first-order chi connectivity index (χ1) is 12.6. The first kappa shape index (κ1) is 18.5. The molecule has 1 aliphatic rings. The SMILES string of the molecule is COc1ccccc1C(c1cc(Cl)ccc1OC)N1CCCC1C(=O)O. The number of carboxylic acid groups (broad SMARTS) is 1. The summed E-state index contributed by atoms with van der Waals surface area (Å²) >= 11 is 6.26. The summed E-state index contributed by atoms with van der Waals surface area (Å²) in [6.45, 7) is 0.676. The number of methoxy groups -OCH3 is 2. The van der Waals surface area contributed by atoms with Gasteiger partial charge in [-0.1, -0.05) is 29.8 Å². The number of nitrogens with zero attached hydrogens (tertiary/aromatic N) is 1. The van der Waals surface area contributed by atoms with Gasteiger partial charge in [-0.2, -0.15) is 0 Å². The molecule has 1 saturated heterocycles. The Balaban J connectivity index is 2.20. The number of hydrogen-bond donors (Lipinski definition) is 1. The highest BCUT2D eigenvalue weighted by Gasteiger charge is 2.39. The van der Waals surface area contributed by atoms with Crippen molar-refractivity contribution < 1.29 is 19.4 Å². The average molecular weight is 376 g/mol. The molecule has 5 nitrogen and oxygen atoms in total. The molecule has 0 bridgehead atoms. The molecule has 0 saturated carbocycles. The lowest BCUT2D eigenvalue weighted by atomic mass is 9.94. The van der Waals surface area contributed by atoms with Gasteiger partial charge in [0.15, 0.2) is 0 Å². The Morgan fingerprint density at radius 2 is 1.85 bits per heavy atom. The molecule has 3 rings (SSSR count). The second-order valence-electron chi connectivity index (χ2n) is 6.26. The van der Waals surface area contributed by atoms with Gasteiger partial charge in [-0.25, -0.2) is 0 Å². The molecule has 26 heavy (non-hydrogen) atoms. The van der Waals surface area contributed by atoms with Gasteiger partial charge in [-0.15, -0.1) is 0 Å². The van der Waals surface area contributed by atoms with Crippen LogP contribution in [0.25, 0.3) is 0 Å². The lowest BCUT2D eigenvalue weighted by Crippen LogP contribution is -2.39. The number of rotatable bonds is 6. The molecule has 0 aromatic heterocycles. The van der Waals surface area contributed by atoms with Crippen LogP contribution >= 0.6 is 11.6 Å². The zero-order chi connectivity index (χ0) is 18.7. The van der Waals surface area contributed by atoms with Gasteiger partial charge in [-0.05, 0) is 37.1 Å². The fourth-order valence-corrected chi connectivity index (χ4v) is 3.88. The minimum atomic E-state index is -0.816. The van der Waals surface area contributed by atoms with Crippen LogP contribution < -0.4 is 9.47 Å². The second kappa shape index (κ2) is 7.98. The van der Waals surface area contributed by atoms with Crippen LogP contribution in [0.3, 0.4) is 0 Å². The van der Waals surface area contributed by atoms with E-state index in [2.05, 4.69) is 0 Å². The average Bonchev–Trinajstić information content (AvgIpc) is 3.12. The number of aliphatic carboxylic acids is 1. The lowest BCUT2D eigenvalue weighted by molar-refractivity contribution is -0.142. The number of carbonyl (C=O) groups is 1. The van der Waals surface area contributed by atoms with Gasteiger partial charge in [0.2, 0.25) is 0 Å². The number of hydrogen-bond acceptors (Lipinski definition) is 4. The Morgan fingerprint density at radius 1 is 1.15 bits per heavy atom. The van der Waals surface area contributed by atoms with Crippen LogP contribution in [0.4, 0.5) is 0 Å². The number of ether oxygens (including phenoxy) is 2. The van der Waals surface area contributed by atoms with Gasteiger partial charge in [0.25, 0.3) is 0 Å². The van der Waals surface area contributed by atoms with Crippen LogP contribution in [0.5, 0.6) is 11.5 Å². The van der Waals surface area contributed by atoms with E-state index < -0.39 is 12.0 Å². The molecule has 2 unspecified atom stereocenters. The van der Waals surface area contributed by atoms with Crippen molar-refractivity contribution in [2.24, 2.45) is 0 Å². The Bertz CT molecular complexity index is 795. The van der Waals surface area contributed by atoms with Crippen molar-refractivity contribution >= 4 is 17.6 Å². The number of halogens is 1. The van der Waals surface area contributed by atoms with Gasteiger partial charge >= 0.3 is 5.97 Å². The third-order valence-corrected chi connectivity index (χ3v) is 5.07. The predicted octanol–water partition coefficient (Wildman–Crippen LogP) is 4.00. The lowest BCUT2D eigenvalue weighted by Gasteiger charge is -2.33. The summed E-state index contributed by atoms with van der Waals surface area (Å²) in [5.74, 6) is 0.556. The summed E-state index contributed by atoms with van der Waals surface area (Å²) in [4.78, 5) is 13.8. The van der Waals surface area contributed by atoms with Crippen molar-refractivity contribution in [2.75, 3.05) is 20.8 Å². The van der Waals surface area contributed by atoms with Crippen molar-refractivity contribution in [1.82, 2.24) is 4.90 Å². The maximum atomic E-state index is 11.8. The third-order valence-electron chi connectivity index (χ3n) is 4.83. The highest BCUT2D eigenvalue weighted by molar-refractivity contribution is 6.30. The van der Waals surface area contributed by atoms with Gasteiger partial charge in [-0.3, -0.25) is 9.69 Å². The molecule has 2 aromatic carbocycles. The fraction of sp³-hybridized carbons (Fsp3) is 0.350. The first-order valence-corrected chi connectivity index (χ1v) is 8.89. The molecule has 1 N–H and O–H groups in total. The normalized spacial score (nSPS) is 18.5. The smallest absolute Gasteiger partial charge is 0.320 e. The number of para-hydroxylation sites is 1. The minimum absolute atomic E-state index is 0.330. The standard InChI is InChI=1S/C20H22ClNO4/c1-25-17-8-4-3-6-14(17)19(22-11-5-7-16(22)20(23)24)15-12-13(21)9-10-18(15)26-2/h3-4,6,8-10,12,16,19H,5,7,11H2,1-2H3,(H,23,24). The van der Waals surface area contributed by atoms with Crippen molar-refractivity contribution in [1.29, 1.82) is 0 Å². The number of benzene rings is 2. The number of carboxylic acids is 1. The van der Waals surface area contributed by atoms with E-state index in [0.717, 1.165) is 17.5 Å². The first-order valence-electron chi connectivity index (χ1n) is 8.51. The summed E-state index contributed by atoms with van der Waals surface area (Å²) in [5.41, 5.74) is 1.72. The molecule has 2 aromatic rings. The monoisotopic (exact) mass is 375 g/mol. The summed E-state index contributed by atoms with van der Waals surface area (Å²) < 4.78 is 11.1. The van der Waals surface area contributed by atoms with E-state index in [0.29, 0.717) is 29.5 Å². The molecule has 138 valence electrons. The molecule has 6 heteroatoms. The minimum Gasteiger partial charge on any atom is -0.496 e. The Morgan fingerprint density at radius 3 is 2.54 bits per heavy atom. The Kier molecular flexibility index (Phi) is 5.69. The molecule has 0 spiro atoms. The van der Waals surface area contributed by atoms with E-state index in [-0.39, 0.29) is 6.04 Å². The highest BCUT2D eigenvalue weighted by Crippen LogP contribution is 2.42. The second-order valence-corrected chi connectivity index (χ2v) is 6.70. The summed E-state index contributed by atoms with van der Waals surface area (Å²) in [7, 11) is 3.22. The zero-order valence-electron chi connectivity index (χ0n) is 14.8. The van der Waals surface area contributed by atoms with Crippen LogP contribution in [0.2, 0.25) is 5.02 Å². The van der Waals surface area contributed by atoms with Crippen LogP contribution in [0.1, 0.15) is 30.0 Å². The van der Waals surface area contributed by atoms with E-state index in [1.54, 1.807) is 20.3 Å². The van der Waals surface area contributed by atoms with Crippen molar-refractivity contribution in [2.45, 2.75) is 24.9 Å². The van der Waals surface area contributed by atoms with E-state index in [9.17, 15) is 9.90 Å². The Hall–Kier alpha value is -2.24. The molecule has 1 heterocycles. The van der Waals surface area contributed by atoms with Gasteiger partial charge in [0.1, 0.15) is 17.5 Å². The van der Waals surface area contributed by atoms with E-state index in [1.807, 2.05) is 41.3 Å². The maximum Gasteiger partial charge on any atom is 0.320 e. The van der Waals surface area contributed by atoms with E-state index in [1.165, 1.54) is 0 Å². The Labute approximate surface area is 158 Å². The third kappa shape index (κ3) is 3.50. The molecule has 2 atom stereocenters. The van der Waals surface area contributed by atoms with Crippen molar-refractivity contribution in [3.05, 3.63) is 58.6 Å². The fourth-order valence-electron chi connectivity index (χ4n) is 3.70. The molecular weight excluding hydrogens is 354 g/mol. The topological polar surface area (TPSA) is 59.0 Å². The quantitative estimate of drug-likeness (QED) is 0.827. The molecular formula is C20H22ClNO4.